The van der Waals surface area contributed by atoms with E-state index in [1.165, 1.54) is 6.07 Å². The summed E-state index contributed by atoms with van der Waals surface area (Å²) in [4.78, 5) is 11.8. The fourth-order valence-corrected chi connectivity index (χ4v) is 2.33. The van der Waals surface area contributed by atoms with Gasteiger partial charge in [-0.25, -0.2) is 4.39 Å². The van der Waals surface area contributed by atoms with Crippen LogP contribution >= 0.6 is 0 Å². The second kappa shape index (κ2) is 7.11. The first kappa shape index (κ1) is 17.8. The molecular formula is C17H13F4NO4. The largest absolute Gasteiger partial charge is 0.484 e. The average Bonchev–Trinajstić information content (AvgIpc) is 3.05. The summed E-state index contributed by atoms with van der Waals surface area (Å²) in [6, 6.07) is 7.01. The number of carbonyl (C=O) groups excluding carboxylic acids is 1. The Morgan fingerprint density at radius 2 is 1.88 bits per heavy atom. The average molecular weight is 371 g/mol. The van der Waals surface area contributed by atoms with Gasteiger partial charge in [-0.1, -0.05) is 6.07 Å². The summed E-state index contributed by atoms with van der Waals surface area (Å²) in [5.74, 6) is -0.248. The maximum absolute atomic E-state index is 13.1. The third-order valence-corrected chi connectivity index (χ3v) is 3.57. The molecule has 1 aliphatic heterocycles. The van der Waals surface area contributed by atoms with Gasteiger partial charge in [-0.05, 0) is 29.8 Å². The fraction of sp³-hybridized carbons (Fsp3) is 0.235. The lowest BCUT2D eigenvalue weighted by molar-refractivity contribution is -0.138. The third-order valence-electron chi connectivity index (χ3n) is 3.57. The highest BCUT2D eigenvalue weighted by atomic mass is 19.4. The molecule has 1 amide bonds. The number of fused-ring (bicyclic) bond motifs is 1. The summed E-state index contributed by atoms with van der Waals surface area (Å²) in [6.07, 6.45) is -4.72. The van der Waals surface area contributed by atoms with Gasteiger partial charge in [0, 0.05) is 12.6 Å². The molecule has 2 aromatic carbocycles. The number of nitrogens with one attached hydrogen (secondary N) is 1. The van der Waals surface area contributed by atoms with Gasteiger partial charge in [-0.15, -0.1) is 0 Å². The number of amides is 1. The number of hydrogen-bond donors (Lipinski definition) is 1. The second-order valence-electron chi connectivity index (χ2n) is 5.38. The highest BCUT2D eigenvalue weighted by Crippen LogP contribution is 2.35. The molecule has 0 bridgehead atoms. The lowest BCUT2D eigenvalue weighted by Gasteiger charge is -2.14. The predicted octanol–water partition coefficient (Wildman–Crippen LogP) is 3.27. The molecule has 0 unspecified atom stereocenters. The molecule has 0 spiro atoms. The van der Waals surface area contributed by atoms with Gasteiger partial charge in [0.25, 0.3) is 5.91 Å². The zero-order valence-corrected chi connectivity index (χ0v) is 13.2. The molecule has 3 rings (SSSR count). The van der Waals surface area contributed by atoms with E-state index in [1.54, 1.807) is 12.1 Å². The third kappa shape index (κ3) is 4.16. The minimum atomic E-state index is -4.72. The van der Waals surface area contributed by atoms with Gasteiger partial charge >= 0.3 is 6.18 Å². The SMILES string of the molecule is O=C(COc1ccc2c(c1)OCO2)NCc1ccc(F)cc1C(F)(F)F. The van der Waals surface area contributed by atoms with Gasteiger partial charge < -0.3 is 19.5 Å². The number of rotatable bonds is 5. The fourth-order valence-electron chi connectivity index (χ4n) is 2.33. The van der Waals surface area contributed by atoms with Crippen molar-refractivity contribution in [2.75, 3.05) is 13.4 Å². The molecule has 0 saturated carbocycles. The van der Waals surface area contributed by atoms with Crippen molar-refractivity contribution in [1.29, 1.82) is 0 Å². The van der Waals surface area contributed by atoms with Crippen LogP contribution in [0, 0.1) is 5.82 Å². The van der Waals surface area contributed by atoms with Crippen LogP contribution in [0.1, 0.15) is 11.1 Å². The molecule has 0 saturated heterocycles. The van der Waals surface area contributed by atoms with Crippen molar-refractivity contribution in [1.82, 2.24) is 5.32 Å². The number of benzene rings is 2. The van der Waals surface area contributed by atoms with Crippen molar-refractivity contribution >= 4 is 5.91 Å². The minimum Gasteiger partial charge on any atom is -0.484 e. The van der Waals surface area contributed by atoms with E-state index in [4.69, 9.17) is 14.2 Å². The summed E-state index contributed by atoms with van der Waals surface area (Å²) in [5.41, 5.74) is -1.37. The van der Waals surface area contributed by atoms with Crippen LogP contribution in [0.5, 0.6) is 17.2 Å². The number of ether oxygens (including phenoxy) is 3. The van der Waals surface area contributed by atoms with Crippen molar-refractivity contribution < 1.29 is 36.6 Å². The Bertz CT molecular complexity index is 823. The van der Waals surface area contributed by atoms with Crippen molar-refractivity contribution in [3.63, 3.8) is 0 Å². The topological polar surface area (TPSA) is 56.8 Å². The smallest absolute Gasteiger partial charge is 0.416 e. The first-order chi connectivity index (χ1) is 12.3. The van der Waals surface area contributed by atoms with Crippen molar-refractivity contribution in [3.05, 3.63) is 53.3 Å². The van der Waals surface area contributed by atoms with E-state index in [2.05, 4.69) is 5.32 Å². The lowest BCUT2D eigenvalue weighted by Crippen LogP contribution is -2.29. The van der Waals surface area contributed by atoms with Crippen molar-refractivity contribution in [2.45, 2.75) is 12.7 Å². The van der Waals surface area contributed by atoms with Gasteiger partial charge in [0.05, 0.1) is 5.56 Å². The number of hydrogen-bond acceptors (Lipinski definition) is 4. The van der Waals surface area contributed by atoms with Crippen LogP contribution in [0.4, 0.5) is 17.6 Å². The minimum absolute atomic E-state index is 0.0957. The van der Waals surface area contributed by atoms with Crippen LogP contribution in [0.3, 0.4) is 0 Å². The number of alkyl halides is 3. The summed E-state index contributed by atoms with van der Waals surface area (Å²) in [6.45, 7) is -0.709. The Morgan fingerprint density at radius 1 is 1.12 bits per heavy atom. The van der Waals surface area contributed by atoms with E-state index in [0.29, 0.717) is 23.3 Å². The molecule has 1 heterocycles. The Kier molecular flexibility index (Phi) is 4.88. The van der Waals surface area contributed by atoms with Crippen LogP contribution in [0.25, 0.3) is 0 Å². The maximum Gasteiger partial charge on any atom is 0.416 e. The van der Waals surface area contributed by atoms with E-state index in [1.807, 2.05) is 0 Å². The monoisotopic (exact) mass is 371 g/mol. The highest BCUT2D eigenvalue weighted by Gasteiger charge is 2.33. The predicted molar refractivity (Wildman–Crippen MR) is 81.3 cm³/mol. The molecule has 0 aromatic heterocycles. The normalized spacial score (nSPS) is 12.8. The van der Waals surface area contributed by atoms with Crippen LogP contribution in [-0.4, -0.2) is 19.3 Å². The molecule has 2 aromatic rings. The standard InChI is InChI=1S/C17H13F4NO4/c18-11-2-1-10(13(5-11)17(19,20)21)7-22-16(23)8-24-12-3-4-14-15(6-12)26-9-25-14/h1-6H,7-9H2,(H,22,23). The van der Waals surface area contributed by atoms with E-state index < -0.39 is 36.6 Å². The molecular weight excluding hydrogens is 358 g/mol. The summed E-state index contributed by atoms with van der Waals surface area (Å²) < 4.78 is 67.3. The molecule has 5 nitrogen and oxygen atoms in total. The van der Waals surface area contributed by atoms with Crippen molar-refractivity contribution in [3.8, 4) is 17.2 Å². The molecule has 9 heteroatoms. The van der Waals surface area contributed by atoms with Crippen molar-refractivity contribution in [2.24, 2.45) is 0 Å². The molecule has 1 aliphatic rings. The lowest BCUT2D eigenvalue weighted by atomic mass is 10.1. The zero-order chi connectivity index (χ0) is 18.7. The summed E-state index contributed by atoms with van der Waals surface area (Å²) in [7, 11) is 0. The van der Waals surface area contributed by atoms with E-state index in [0.717, 1.165) is 12.1 Å². The Balaban J connectivity index is 1.56. The Hall–Kier alpha value is -2.97. The van der Waals surface area contributed by atoms with Crippen LogP contribution in [0.2, 0.25) is 0 Å². The second-order valence-corrected chi connectivity index (χ2v) is 5.38. The van der Waals surface area contributed by atoms with Gasteiger partial charge in [0.2, 0.25) is 6.79 Å². The molecule has 0 radical (unpaired) electrons. The number of halogens is 4. The molecule has 0 atom stereocenters. The summed E-state index contributed by atoms with van der Waals surface area (Å²) in [5, 5.41) is 2.31. The van der Waals surface area contributed by atoms with Gasteiger partial charge in [-0.2, -0.15) is 13.2 Å². The molecule has 0 aliphatic carbocycles. The van der Waals surface area contributed by atoms with E-state index in [9.17, 15) is 22.4 Å². The van der Waals surface area contributed by atoms with Gasteiger partial charge in [0.1, 0.15) is 11.6 Å². The molecule has 0 fully saturated rings. The zero-order valence-electron chi connectivity index (χ0n) is 13.2. The van der Waals surface area contributed by atoms with Crippen LogP contribution in [-0.2, 0) is 17.5 Å². The molecule has 26 heavy (non-hydrogen) atoms. The number of carbonyl (C=O) groups is 1. The molecule has 138 valence electrons. The van der Waals surface area contributed by atoms with Crippen LogP contribution in [0.15, 0.2) is 36.4 Å². The quantitative estimate of drug-likeness (QED) is 0.820. The maximum atomic E-state index is 13.1. The van der Waals surface area contributed by atoms with Gasteiger partial charge in [0.15, 0.2) is 18.1 Å². The molecule has 1 N–H and O–H groups in total. The Labute approximate surface area is 145 Å². The van der Waals surface area contributed by atoms with Crippen LogP contribution < -0.4 is 19.5 Å². The Morgan fingerprint density at radius 3 is 2.65 bits per heavy atom. The summed E-state index contributed by atoms with van der Waals surface area (Å²) >= 11 is 0. The van der Waals surface area contributed by atoms with E-state index >= 15 is 0 Å². The highest BCUT2D eigenvalue weighted by molar-refractivity contribution is 5.77. The van der Waals surface area contributed by atoms with E-state index in [-0.39, 0.29) is 12.4 Å². The first-order valence-electron chi connectivity index (χ1n) is 7.48. The van der Waals surface area contributed by atoms with Gasteiger partial charge in [-0.3, -0.25) is 4.79 Å². The first-order valence-corrected chi connectivity index (χ1v) is 7.48.